The number of carbonyl (C=O) groups is 1. The van der Waals surface area contributed by atoms with Crippen LogP contribution < -0.4 is 10.6 Å². The summed E-state index contributed by atoms with van der Waals surface area (Å²) in [6.45, 7) is 3.30. The molecule has 3 rings (SSSR count). The van der Waals surface area contributed by atoms with Gasteiger partial charge in [0.2, 0.25) is 5.91 Å². The van der Waals surface area contributed by atoms with E-state index in [9.17, 15) is 4.79 Å². The van der Waals surface area contributed by atoms with Gasteiger partial charge in [-0.15, -0.1) is 24.0 Å². The molecular weight excluding hydrogens is 431 g/mol. The van der Waals surface area contributed by atoms with E-state index in [1.165, 1.54) is 11.1 Å². The minimum Gasteiger partial charge on any atom is -0.376 e. The van der Waals surface area contributed by atoms with Crippen molar-refractivity contribution in [2.24, 2.45) is 4.99 Å². The third-order valence-corrected chi connectivity index (χ3v) is 4.64. The van der Waals surface area contributed by atoms with Crippen LogP contribution in [-0.2, 0) is 22.5 Å². The lowest BCUT2D eigenvalue weighted by atomic mass is 10.00. The molecule has 25 heavy (non-hydrogen) atoms. The number of nitrogens with one attached hydrogen (secondary N) is 2. The van der Waals surface area contributed by atoms with Gasteiger partial charge in [-0.2, -0.15) is 0 Å². The summed E-state index contributed by atoms with van der Waals surface area (Å²) in [5, 5.41) is 6.33. The number of fused-ring (bicyclic) bond motifs is 1. The summed E-state index contributed by atoms with van der Waals surface area (Å²) in [6.07, 6.45) is 3.37. The summed E-state index contributed by atoms with van der Waals surface area (Å²) in [5.41, 5.74) is 2.60. The highest BCUT2D eigenvalue weighted by molar-refractivity contribution is 14.0. The average Bonchev–Trinajstić information content (AvgIpc) is 3.14. The lowest BCUT2D eigenvalue weighted by Gasteiger charge is -2.29. The second-order valence-electron chi connectivity index (χ2n) is 6.28. The number of hydrogen-bond donors (Lipinski definition) is 2. The number of hydrogen-bond acceptors (Lipinski definition) is 3. The van der Waals surface area contributed by atoms with Gasteiger partial charge in [0.25, 0.3) is 0 Å². The minimum absolute atomic E-state index is 0. The van der Waals surface area contributed by atoms with Gasteiger partial charge in [0.1, 0.15) is 0 Å². The topological polar surface area (TPSA) is 66.0 Å². The molecule has 2 aliphatic heterocycles. The summed E-state index contributed by atoms with van der Waals surface area (Å²) in [6, 6.07) is 8.33. The first-order valence-corrected chi connectivity index (χ1v) is 8.67. The maximum atomic E-state index is 12.4. The first-order valence-electron chi connectivity index (χ1n) is 8.67. The van der Waals surface area contributed by atoms with E-state index in [0.717, 1.165) is 39.0 Å². The van der Waals surface area contributed by atoms with Gasteiger partial charge in [-0.3, -0.25) is 9.79 Å². The fourth-order valence-electron chi connectivity index (χ4n) is 3.22. The Morgan fingerprint density at radius 1 is 1.32 bits per heavy atom. The third-order valence-electron chi connectivity index (χ3n) is 4.64. The molecule has 1 aromatic carbocycles. The van der Waals surface area contributed by atoms with Crippen molar-refractivity contribution in [2.75, 3.05) is 33.3 Å². The highest BCUT2D eigenvalue weighted by Gasteiger charge is 2.20. The number of rotatable bonds is 4. The zero-order valence-corrected chi connectivity index (χ0v) is 17.0. The summed E-state index contributed by atoms with van der Waals surface area (Å²) in [7, 11) is 1.71. The van der Waals surface area contributed by atoms with Crippen molar-refractivity contribution in [1.29, 1.82) is 0 Å². The first kappa shape index (κ1) is 20.0. The molecule has 0 saturated carbocycles. The Labute approximate surface area is 166 Å². The molecule has 0 aromatic heterocycles. The zero-order valence-electron chi connectivity index (χ0n) is 14.7. The largest absolute Gasteiger partial charge is 0.376 e. The molecule has 2 N–H and O–H groups in total. The molecule has 6 nitrogen and oxygen atoms in total. The SMILES string of the molecule is CN=C(NCC(=O)N1CCc2ccccc2C1)NCC1CCCO1.I. The van der Waals surface area contributed by atoms with Crippen LogP contribution in [0.2, 0.25) is 0 Å². The number of benzene rings is 1. The predicted octanol–water partition coefficient (Wildman–Crippen LogP) is 1.53. The summed E-state index contributed by atoms with van der Waals surface area (Å²) in [4.78, 5) is 18.5. The van der Waals surface area contributed by atoms with E-state index in [2.05, 4.69) is 33.8 Å². The second kappa shape index (κ2) is 9.96. The van der Waals surface area contributed by atoms with Crippen LogP contribution in [0.3, 0.4) is 0 Å². The quantitative estimate of drug-likeness (QED) is 0.408. The van der Waals surface area contributed by atoms with E-state index < -0.39 is 0 Å². The van der Waals surface area contributed by atoms with Gasteiger partial charge in [0.15, 0.2) is 5.96 Å². The lowest BCUT2D eigenvalue weighted by Crippen LogP contribution is -2.47. The minimum atomic E-state index is 0. The van der Waals surface area contributed by atoms with Crippen molar-refractivity contribution in [2.45, 2.75) is 31.9 Å². The van der Waals surface area contributed by atoms with Gasteiger partial charge in [0.05, 0.1) is 12.6 Å². The molecule has 1 amide bonds. The van der Waals surface area contributed by atoms with E-state index >= 15 is 0 Å². The predicted molar refractivity (Wildman–Crippen MR) is 109 cm³/mol. The molecule has 1 aromatic rings. The third kappa shape index (κ3) is 5.57. The number of carbonyl (C=O) groups excluding carboxylic acids is 1. The molecule has 2 aliphatic rings. The zero-order chi connectivity index (χ0) is 16.8. The number of halogens is 1. The fraction of sp³-hybridized carbons (Fsp3) is 0.556. The molecular formula is C18H27IN4O2. The molecule has 1 unspecified atom stereocenters. The Hall–Kier alpha value is -1.35. The van der Waals surface area contributed by atoms with Crippen molar-refractivity contribution < 1.29 is 9.53 Å². The van der Waals surface area contributed by atoms with Gasteiger partial charge in [-0.1, -0.05) is 24.3 Å². The Morgan fingerprint density at radius 3 is 2.84 bits per heavy atom. The van der Waals surface area contributed by atoms with Crippen LogP contribution in [0, 0.1) is 0 Å². The van der Waals surface area contributed by atoms with E-state index in [1.54, 1.807) is 7.05 Å². The normalized spacial score (nSPS) is 19.8. The molecule has 1 atom stereocenters. The Morgan fingerprint density at radius 2 is 2.12 bits per heavy atom. The Kier molecular flexibility index (Phi) is 7.95. The average molecular weight is 458 g/mol. The fourth-order valence-corrected chi connectivity index (χ4v) is 3.22. The van der Waals surface area contributed by atoms with Crippen molar-refractivity contribution >= 4 is 35.8 Å². The highest BCUT2D eigenvalue weighted by Crippen LogP contribution is 2.18. The van der Waals surface area contributed by atoms with Crippen molar-refractivity contribution in [3.05, 3.63) is 35.4 Å². The van der Waals surface area contributed by atoms with Gasteiger partial charge in [0, 0.05) is 33.3 Å². The number of guanidine groups is 1. The summed E-state index contributed by atoms with van der Waals surface area (Å²) in [5.74, 6) is 0.751. The summed E-state index contributed by atoms with van der Waals surface area (Å²) >= 11 is 0. The van der Waals surface area contributed by atoms with Crippen LogP contribution in [0.25, 0.3) is 0 Å². The van der Waals surface area contributed by atoms with E-state index in [1.807, 2.05) is 11.0 Å². The van der Waals surface area contributed by atoms with E-state index in [4.69, 9.17) is 4.74 Å². The van der Waals surface area contributed by atoms with Crippen LogP contribution in [-0.4, -0.2) is 56.2 Å². The van der Waals surface area contributed by atoms with Crippen molar-refractivity contribution in [3.63, 3.8) is 0 Å². The molecule has 2 heterocycles. The van der Waals surface area contributed by atoms with Gasteiger partial charge >= 0.3 is 0 Å². The number of aliphatic imine (C=N–C) groups is 1. The van der Waals surface area contributed by atoms with Crippen LogP contribution in [0.1, 0.15) is 24.0 Å². The lowest BCUT2D eigenvalue weighted by molar-refractivity contribution is -0.130. The maximum absolute atomic E-state index is 12.4. The molecule has 1 saturated heterocycles. The molecule has 138 valence electrons. The first-order chi connectivity index (χ1) is 11.8. The second-order valence-corrected chi connectivity index (χ2v) is 6.28. The van der Waals surface area contributed by atoms with Crippen molar-refractivity contribution in [1.82, 2.24) is 15.5 Å². The smallest absolute Gasteiger partial charge is 0.242 e. The molecule has 1 fully saturated rings. The Balaban J connectivity index is 0.00000225. The standard InChI is InChI=1S/C18H26N4O2.HI/c1-19-18(20-11-16-7-4-10-24-16)21-12-17(23)22-9-8-14-5-2-3-6-15(14)13-22;/h2-3,5-6,16H,4,7-13H2,1H3,(H2,19,20,21);1H. The van der Waals surface area contributed by atoms with Crippen LogP contribution >= 0.6 is 24.0 Å². The number of amides is 1. The van der Waals surface area contributed by atoms with Gasteiger partial charge in [-0.05, 0) is 30.4 Å². The van der Waals surface area contributed by atoms with Crippen molar-refractivity contribution in [3.8, 4) is 0 Å². The van der Waals surface area contributed by atoms with Gasteiger partial charge < -0.3 is 20.3 Å². The molecule has 0 aliphatic carbocycles. The summed E-state index contributed by atoms with van der Waals surface area (Å²) < 4.78 is 5.58. The van der Waals surface area contributed by atoms with Crippen LogP contribution in [0.5, 0.6) is 0 Å². The number of ether oxygens (including phenoxy) is 1. The van der Waals surface area contributed by atoms with E-state index in [-0.39, 0.29) is 42.5 Å². The van der Waals surface area contributed by atoms with Crippen LogP contribution in [0.4, 0.5) is 0 Å². The van der Waals surface area contributed by atoms with Gasteiger partial charge in [-0.25, -0.2) is 0 Å². The monoisotopic (exact) mass is 458 g/mol. The Bertz CT molecular complexity index is 602. The molecule has 0 radical (unpaired) electrons. The molecule has 0 spiro atoms. The molecule has 0 bridgehead atoms. The highest BCUT2D eigenvalue weighted by atomic mass is 127. The number of nitrogens with zero attached hydrogens (tertiary/aromatic N) is 2. The molecule has 7 heteroatoms. The van der Waals surface area contributed by atoms with E-state index in [0.29, 0.717) is 12.5 Å². The van der Waals surface area contributed by atoms with Crippen LogP contribution in [0.15, 0.2) is 29.3 Å². The maximum Gasteiger partial charge on any atom is 0.242 e.